The van der Waals surface area contributed by atoms with Gasteiger partial charge in [0, 0.05) is 22.6 Å². The van der Waals surface area contributed by atoms with E-state index in [1.807, 2.05) is 39.0 Å². The van der Waals surface area contributed by atoms with E-state index in [9.17, 15) is 14.7 Å². The Kier molecular flexibility index (Phi) is 7.13. The first-order chi connectivity index (χ1) is 15.6. The Morgan fingerprint density at radius 2 is 1.88 bits per heavy atom. The van der Waals surface area contributed by atoms with E-state index in [2.05, 4.69) is 22.1 Å². The zero-order valence-corrected chi connectivity index (χ0v) is 19.2. The number of hydrogen-bond acceptors (Lipinski definition) is 7. The Labute approximate surface area is 192 Å². The number of hydrogen-bond donors (Lipinski definition) is 2. The molecule has 1 amide bonds. The second-order valence-electron chi connectivity index (χ2n) is 8.44. The zero-order chi connectivity index (χ0) is 24.2. The summed E-state index contributed by atoms with van der Waals surface area (Å²) in [4.78, 5) is 25.3. The number of aliphatic hydroxyl groups is 1. The molecule has 9 heteroatoms. The summed E-state index contributed by atoms with van der Waals surface area (Å²) in [7, 11) is 0. The third-order valence-electron chi connectivity index (χ3n) is 5.01. The molecule has 0 spiro atoms. The first-order valence-corrected chi connectivity index (χ1v) is 10.5. The van der Waals surface area contributed by atoms with Gasteiger partial charge in [0.25, 0.3) is 0 Å². The van der Waals surface area contributed by atoms with E-state index < -0.39 is 17.5 Å². The summed E-state index contributed by atoms with van der Waals surface area (Å²) < 4.78 is 10.5. The van der Waals surface area contributed by atoms with Gasteiger partial charge in [-0.25, -0.2) is 9.59 Å². The fraction of sp³-hybridized carbons (Fsp3) is 0.333. The number of aromatic nitrogens is 3. The Morgan fingerprint density at radius 3 is 2.58 bits per heavy atom. The molecular formula is C24H28N4O5. The Balaban J connectivity index is 1.82. The molecule has 0 saturated heterocycles. The Hall–Kier alpha value is -3.72. The van der Waals surface area contributed by atoms with Crippen molar-refractivity contribution in [1.29, 1.82) is 0 Å². The van der Waals surface area contributed by atoms with E-state index in [0.717, 1.165) is 16.6 Å². The molecule has 9 nitrogen and oxygen atoms in total. The minimum Gasteiger partial charge on any atom is -0.460 e. The molecule has 0 aliphatic rings. The van der Waals surface area contributed by atoms with Crippen molar-refractivity contribution >= 4 is 23.1 Å². The molecule has 174 valence electrons. The van der Waals surface area contributed by atoms with Crippen LogP contribution in [0.15, 0.2) is 48.6 Å². The van der Waals surface area contributed by atoms with Gasteiger partial charge >= 0.3 is 12.1 Å². The van der Waals surface area contributed by atoms with Crippen molar-refractivity contribution in [3.63, 3.8) is 0 Å². The number of rotatable bonds is 8. The van der Waals surface area contributed by atoms with Crippen molar-refractivity contribution in [3.05, 3.63) is 59.7 Å². The molecular weight excluding hydrogens is 424 g/mol. The molecule has 2 aromatic carbocycles. The standard InChI is InChI=1S/C24H28N4O5/c1-15(2)22(30)32-11-10-25-23(31)33-21-13-17(7-8-18(21)24(4,5)14-29)28-26-19-9-6-16(3)12-20(19)27-28/h6-9,12-13,29H,1,10-11,14H2,2-5H3,(H,25,31). The number of nitrogens with zero attached hydrogens (tertiary/aromatic N) is 3. The molecule has 0 saturated carbocycles. The molecule has 33 heavy (non-hydrogen) atoms. The Morgan fingerprint density at radius 1 is 1.15 bits per heavy atom. The summed E-state index contributed by atoms with van der Waals surface area (Å²) in [5.74, 6) is -0.264. The Bertz CT molecular complexity index is 1200. The average Bonchev–Trinajstić information content (AvgIpc) is 3.19. The third kappa shape index (κ3) is 5.75. The van der Waals surface area contributed by atoms with Crippen LogP contribution in [0.3, 0.4) is 0 Å². The maximum absolute atomic E-state index is 12.4. The van der Waals surface area contributed by atoms with Gasteiger partial charge in [0.15, 0.2) is 0 Å². The van der Waals surface area contributed by atoms with Crippen molar-refractivity contribution in [2.75, 3.05) is 19.8 Å². The highest BCUT2D eigenvalue weighted by molar-refractivity contribution is 5.86. The average molecular weight is 453 g/mol. The molecule has 0 aliphatic heterocycles. The topological polar surface area (TPSA) is 116 Å². The minimum atomic E-state index is -0.720. The van der Waals surface area contributed by atoms with Gasteiger partial charge in [0.05, 0.1) is 18.8 Å². The second-order valence-corrected chi connectivity index (χ2v) is 8.44. The largest absolute Gasteiger partial charge is 0.460 e. The fourth-order valence-electron chi connectivity index (χ4n) is 3.06. The van der Waals surface area contributed by atoms with Crippen molar-refractivity contribution < 1.29 is 24.2 Å². The number of esters is 1. The number of benzene rings is 2. The fourth-order valence-corrected chi connectivity index (χ4v) is 3.06. The van der Waals surface area contributed by atoms with Crippen molar-refractivity contribution in [3.8, 4) is 11.4 Å². The van der Waals surface area contributed by atoms with E-state index in [-0.39, 0.29) is 31.1 Å². The lowest BCUT2D eigenvalue weighted by Gasteiger charge is -2.25. The number of fused-ring (bicyclic) bond motifs is 1. The van der Waals surface area contributed by atoms with Crippen LogP contribution in [0.1, 0.15) is 31.9 Å². The number of carbonyl (C=O) groups excluding carboxylic acids is 2. The predicted molar refractivity (Wildman–Crippen MR) is 124 cm³/mol. The van der Waals surface area contributed by atoms with Crippen LogP contribution in [0.4, 0.5) is 4.79 Å². The highest BCUT2D eigenvalue weighted by Gasteiger charge is 2.26. The second kappa shape index (κ2) is 9.83. The van der Waals surface area contributed by atoms with E-state index in [4.69, 9.17) is 9.47 Å². The molecule has 0 unspecified atom stereocenters. The van der Waals surface area contributed by atoms with Gasteiger partial charge in [-0.15, -0.1) is 10.2 Å². The molecule has 2 N–H and O–H groups in total. The quantitative estimate of drug-likeness (QED) is 0.306. The van der Waals surface area contributed by atoms with Gasteiger partial charge in [-0.05, 0) is 37.6 Å². The van der Waals surface area contributed by atoms with Crippen molar-refractivity contribution in [2.45, 2.75) is 33.1 Å². The monoisotopic (exact) mass is 452 g/mol. The highest BCUT2D eigenvalue weighted by atomic mass is 16.6. The van der Waals surface area contributed by atoms with Crippen LogP contribution < -0.4 is 10.1 Å². The zero-order valence-electron chi connectivity index (χ0n) is 19.2. The van der Waals surface area contributed by atoms with Crippen LogP contribution in [-0.2, 0) is 14.9 Å². The lowest BCUT2D eigenvalue weighted by molar-refractivity contribution is -0.138. The lowest BCUT2D eigenvalue weighted by atomic mass is 9.85. The number of amides is 1. The molecule has 0 aliphatic carbocycles. The van der Waals surface area contributed by atoms with Gasteiger partial charge in [0.2, 0.25) is 0 Å². The number of ether oxygens (including phenoxy) is 2. The van der Waals surface area contributed by atoms with E-state index in [1.165, 1.54) is 4.80 Å². The molecule has 1 heterocycles. The SMILES string of the molecule is C=C(C)C(=O)OCCNC(=O)Oc1cc(-n2nc3ccc(C)cc3n2)ccc1C(C)(C)CO. The number of aryl methyl sites for hydroxylation is 1. The summed E-state index contributed by atoms with van der Waals surface area (Å²) >= 11 is 0. The molecule has 0 atom stereocenters. The normalized spacial score (nSPS) is 11.3. The van der Waals surface area contributed by atoms with Crippen LogP contribution >= 0.6 is 0 Å². The van der Waals surface area contributed by atoms with Crippen LogP contribution in [0, 0.1) is 6.92 Å². The van der Waals surface area contributed by atoms with Gasteiger partial charge in [-0.2, -0.15) is 4.80 Å². The highest BCUT2D eigenvalue weighted by Crippen LogP contribution is 2.33. The molecule has 0 fully saturated rings. The van der Waals surface area contributed by atoms with E-state index >= 15 is 0 Å². The molecule has 3 rings (SSSR count). The molecule has 0 radical (unpaired) electrons. The van der Waals surface area contributed by atoms with E-state index in [1.54, 1.807) is 25.1 Å². The van der Waals surface area contributed by atoms with Gasteiger partial charge in [0.1, 0.15) is 23.4 Å². The minimum absolute atomic E-state index is 0.0148. The first-order valence-electron chi connectivity index (χ1n) is 10.5. The number of aliphatic hydroxyl groups excluding tert-OH is 1. The summed E-state index contributed by atoms with van der Waals surface area (Å²) in [5, 5.41) is 21.4. The molecule has 0 bridgehead atoms. The van der Waals surface area contributed by atoms with Gasteiger partial charge in [-0.1, -0.05) is 32.6 Å². The van der Waals surface area contributed by atoms with Crippen LogP contribution in [0.2, 0.25) is 0 Å². The van der Waals surface area contributed by atoms with Crippen molar-refractivity contribution in [2.24, 2.45) is 0 Å². The number of carbonyl (C=O) groups is 2. The summed E-state index contributed by atoms with van der Waals surface area (Å²) in [6.45, 7) is 10.6. The first kappa shape index (κ1) is 23.9. The van der Waals surface area contributed by atoms with Crippen molar-refractivity contribution in [1.82, 2.24) is 20.3 Å². The van der Waals surface area contributed by atoms with Crippen LogP contribution in [-0.4, -0.2) is 51.9 Å². The summed E-state index contributed by atoms with van der Waals surface area (Å²) in [6, 6.07) is 11.0. The maximum Gasteiger partial charge on any atom is 0.412 e. The predicted octanol–water partition coefficient (Wildman–Crippen LogP) is 3.21. The maximum atomic E-state index is 12.4. The molecule has 1 aromatic heterocycles. The smallest absolute Gasteiger partial charge is 0.412 e. The molecule has 3 aromatic rings. The van der Waals surface area contributed by atoms with Crippen LogP contribution in [0.5, 0.6) is 5.75 Å². The van der Waals surface area contributed by atoms with Crippen LogP contribution in [0.25, 0.3) is 16.7 Å². The van der Waals surface area contributed by atoms with Gasteiger partial charge < -0.3 is 19.9 Å². The van der Waals surface area contributed by atoms with Gasteiger partial charge in [-0.3, -0.25) is 0 Å². The summed E-state index contributed by atoms with van der Waals surface area (Å²) in [6.07, 6.45) is -0.720. The summed E-state index contributed by atoms with van der Waals surface area (Å²) in [5.41, 5.74) is 3.42. The number of nitrogens with one attached hydrogen (secondary N) is 1. The lowest BCUT2D eigenvalue weighted by Crippen LogP contribution is -2.32. The third-order valence-corrected chi connectivity index (χ3v) is 5.01. The van der Waals surface area contributed by atoms with E-state index in [0.29, 0.717) is 11.3 Å².